The molecule has 0 aliphatic carbocycles. The van der Waals surface area contributed by atoms with E-state index in [1.807, 2.05) is 6.92 Å². The normalized spacial score (nSPS) is 23.2. The molecular formula is C17H23NO3. The lowest BCUT2D eigenvalue weighted by molar-refractivity contribution is -0.154. The van der Waals surface area contributed by atoms with Crippen molar-refractivity contribution in [2.45, 2.75) is 44.8 Å². The van der Waals surface area contributed by atoms with Gasteiger partial charge in [0.1, 0.15) is 11.7 Å². The average molecular weight is 289 g/mol. The number of rotatable bonds is 4. The first kappa shape index (κ1) is 14.6. The molecule has 3 rings (SSSR count). The second kappa shape index (κ2) is 5.44. The van der Waals surface area contributed by atoms with Crippen molar-refractivity contribution in [2.24, 2.45) is 0 Å². The molecule has 2 atom stereocenters. The number of fused-ring (bicyclic) bond motifs is 3. The van der Waals surface area contributed by atoms with Gasteiger partial charge in [0.05, 0.1) is 18.9 Å². The number of aryl methyl sites for hydroxylation is 1. The van der Waals surface area contributed by atoms with Crippen LogP contribution in [0.15, 0.2) is 18.2 Å². The molecule has 3 N–H and O–H groups in total. The number of aliphatic hydroxyl groups excluding tert-OH is 2. The third-order valence-corrected chi connectivity index (χ3v) is 4.78. The number of H-pyrrole nitrogens is 1. The highest BCUT2D eigenvalue weighted by atomic mass is 16.5. The first-order chi connectivity index (χ1) is 10.2. The van der Waals surface area contributed by atoms with E-state index in [2.05, 4.69) is 30.1 Å². The maximum absolute atomic E-state index is 10.3. The topological polar surface area (TPSA) is 65.5 Å². The van der Waals surface area contributed by atoms with Gasteiger partial charge >= 0.3 is 0 Å². The van der Waals surface area contributed by atoms with Crippen LogP contribution in [-0.2, 0) is 23.2 Å². The smallest absolute Gasteiger partial charge is 0.136 e. The average Bonchev–Trinajstić information content (AvgIpc) is 2.93. The van der Waals surface area contributed by atoms with Crippen LogP contribution in [0.2, 0.25) is 0 Å². The van der Waals surface area contributed by atoms with Crippen LogP contribution in [-0.4, -0.2) is 34.5 Å². The van der Waals surface area contributed by atoms with Gasteiger partial charge in [-0.15, -0.1) is 0 Å². The van der Waals surface area contributed by atoms with Gasteiger partial charge in [0.25, 0.3) is 0 Å². The van der Waals surface area contributed by atoms with Crippen molar-refractivity contribution in [3.05, 3.63) is 35.0 Å². The molecule has 0 saturated heterocycles. The Kier molecular flexibility index (Phi) is 3.78. The number of hydrogen-bond donors (Lipinski definition) is 3. The van der Waals surface area contributed by atoms with E-state index in [0.717, 1.165) is 24.1 Å². The van der Waals surface area contributed by atoms with Gasteiger partial charge in [-0.3, -0.25) is 0 Å². The lowest BCUT2D eigenvalue weighted by atomic mass is 9.84. The van der Waals surface area contributed by atoms with Gasteiger partial charge in [0.2, 0.25) is 0 Å². The summed E-state index contributed by atoms with van der Waals surface area (Å²) in [4.78, 5) is 3.50. The Hall–Kier alpha value is -1.36. The monoisotopic (exact) mass is 289 g/mol. The number of benzene rings is 1. The van der Waals surface area contributed by atoms with E-state index >= 15 is 0 Å². The van der Waals surface area contributed by atoms with Gasteiger partial charge < -0.3 is 19.9 Å². The summed E-state index contributed by atoms with van der Waals surface area (Å²) in [7, 11) is 0. The van der Waals surface area contributed by atoms with E-state index < -0.39 is 11.7 Å². The minimum absolute atomic E-state index is 0.302. The quantitative estimate of drug-likeness (QED) is 0.809. The molecule has 0 amide bonds. The molecule has 0 spiro atoms. The predicted octanol–water partition coefficient (Wildman–Crippen LogP) is 2.26. The van der Waals surface area contributed by atoms with E-state index in [9.17, 15) is 10.2 Å². The zero-order chi connectivity index (χ0) is 15.0. The summed E-state index contributed by atoms with van der Waals surface area (Å²) in [6.07, 6.45) is 1.50. The van der Waals surface area contributed by atoms with E-state index in [1.165, 1.54) is 16.5 Å². The van der Waals surface area contributed by atoms with Gasteiger partial charge in [-0.2, -0.15) is 0 Å². The minimum atomic E-state index is -0.917. The van der Waals surface area contributed by atoms with Crippen LogP contribution >= 0.6 is 0 Å². The van der Waals surface area contributed by atoms with E-state index in [4.69, 9.17) is 4.74 Å². The second-order valence-corrected chi connectivity index (χ2v) is 5.71. The van der Waals surface area contributed by atoms with Crippen molar-refractivity contribution in [3.63, 3.8) is 0 Å². The molecule has 4 heteroatoms. The number of aromatic amines is 1. The van der Waals surface area contributed by atoms with Crippen molar-refractivity contribution in [3.8, 4) is 0 Å². The fourth-order valence-electron chi connectivity index (χ4n) is 3.58. The lowest BCUT2D eigenvalue weighted by Crippen LogP contribution is -2.47. The highest BCUT2D eigenvalue weighted by molar-refractivity contribution is 5.88. The summed E-state index contributed by atoms with van der Waals surface area (Å²) < 4.78 is 5.96. The molecule has 0 saturated carbocycles. The van der Waals surface area contributed by atoms with Crippen molar-refractivity contribution in [1.82, 2.24) is 4.98 Å². The molecule has 1 aromatic heterocycles. The molecule has 2 heterocycles. The fraction of sp³-hybridized carbons (Fsp3) is 0.529. The number of nitrogens with one attached hydrogen (secondary N) is 1. The SMILES string of the molecule is CCc1cccc2c3c([nH]c12)[C@](CC)([C@H](O)CO)OCC3. The number of aromatic nitrogens is 1. The van der Waals surface area contributed by atoms with Gasteiger partial charge in [0.15, 0.2) is 0 Å². The number of hydrogen-bond acceptors (Lipinski definition) is 3. The van der Waals surface area contributed by atoms with Crippen molar-refractivity contribution < 1.29 is 14.9 Å². The molecule has 1 aromatic carbocycles. The van der Waals surface area contributed by atoms with Crippen LogP contribution in [0.4, 0.5) is 0 Å². The Morgan fingerprint density at radius 3 is 2.86 bits per heavy atom. The molecule has 0 fully saturated rings. The van der Waals surface area contributed by atoms with E-state index in [-0.39, 0.29) is 6.61 Å². The largest absolute Gasteiger partial charge is 0.394 e. The summed E-state index contributed by atoms with van der Waals surface area (Å²) >= 11 is 0. The first-order valence-corrected chi connectivity index (χ1v) is 7.73. The molecular weight excluding hydrogens is 266 g/mol. The Bertz CT molecular complexity index is 649. The Labute approximate surface area is 124 Å². The first-order valence-electron chi connectivity index (χ1n) is 7.73. The zero-order valence-corrected chi connectivity index (χ0v) is 12.6. The molecule has 2 aromatic rings. The molecule has 0 radical (unpaired) electrons. The van der Waals surface area contributed by atoms with Crippen LogP contribution in [0.25, 0.3) is 10.9 Å². The molecule has 21 heavy (non-hydrogen) atoms. The number of para-hydroxylation sites is 1. The van der Waals surface area contributed by atoms with Crippen LogP contribution in [0, 0.1) is 0 Å². The maximum atomic E-state index is 10.3. The van der Waals surface area contributed by atoms with E-state index in [0.29, 0.717) is 13.0 Å². The van der Waals surface area contributed by atoms with Gasteiger partial charge in [0, 0.05) is 10.9 Å². The summed E-state index contributed by atoms with van der Waals surface area (Å²) in [6, 6.07) is 6.34. The molecule has 4 nitrogen and oxygen atoms in total. The third kappa shape index (κ3) is 2.01. The highest BCUT2D eigenvalue weighted by Crippen LogP contribution is 2.42. The summed E-state index contributed by atoms with van der Waals surface area (Å²) in [5, 5.41) is 21.0. The van der Waals surface area contributed by atoms with Crippen LogP contribution in [0.1, 0.15) is 37.1 Å². The Balaban J connectivity index is 2.26. The molecule has 114 valence electrons. The fourth-order valence-corrected chi connectivity index (χ4v) is 3.58. The molecule has 1 aliphatic rings. The van der Waals surface area contributed by atoms with Crippen molar-refractivity contribution in [2.75, 3.05) is 13.2 Å². The third-order valence-electron chi connectivity index (χ3n) is 4.78. The summed E-state index contributed by atoms with van der Waals surface area (Å²) in [6.45, 7) is 4.39. The van der Waals surface area contributed by atoms with Crippen molar-refractivity contribution in [1.29, 1.82) is 0 Å². The molecule has 0 bridgehead atoms. The minimum Gasteiger partial charge on any atom is -0.394 e. The molecule has 1 aliphatic heterocycles. The van der Waals surface area contributed by atoms with Crippen molar-refractivity contribution >= 4 is 10.9 Å². The lowest BCUT2D eigenvalue weighted by Gasteiger charge is -2.39. The summed E-state index contributed by atoms with van der Waals surface area (Å²) in [5.41, 5.74) is 3.74. The predicted molar refractivity (Wildman–Crippen MR) is 82.4 cm³/mol. The second-order valence-electron chi connectivity index (χ2n) is 5.71. The molecule has 0 unspecified atom stereocenters. The Morgan fingerprint density at radius 1 is 1.38 bits per heavy atom. The number of ether oxygens (including phenoxy) is 1. The summed E-state index contributed by atoms with van der Waals surface area (Å²) in [5.74, 6) is 0. The maximum Gasteiger partial charge on any atom is 0.136 e. The van der Waals surface area contributed by atoms with Crippen LogP contribution < -0.4 is 0 Å². The van der Waals surface area contributed by atoms with Gasteiger partial charge in [-0.1, -0.05) is 32.0 Å². The van der Waals surface area contributed by atoms with Crippen LogP contribution in [0.5, 0.6) is 0 Å². The van der Waals surface area contributed by atoms with Crippen LogP contribution in [0.3, 0.4) is 0 Å². The van der Waals surface area contributed by atoms with E-state index in [1.54, 1.807) is 0 Å². The zero-order valence-electron chi connectivity index (χ0n) is 12.6. The Morgan fingerprint density at radius 2 is 2.19 bits per heavy atom. The van der Waals surface area contributed by atoms with Gasteiger partial charge in [-0.05, 0) is 30.4 Å². The van der Waals surface area contributed by atoms with Gasteiger partial charge in [-0.25, -0.2) is 0 Å². The standard InChI is InChI=1S/C17H23NO3/c1-3-11-6-5-7-12-13-8-9-21-17(4-2,14(20)10-19)16(13)18-15(11)12/h5-7,14,18-20H,3-4,8-10H2,1-2H3/t14-,17+/m1/s1. The number of aliphatic hydroxyl groups is 2. The highest BCUT2D eigenvalue weighted by Gasteiger charge is 2.44.